The number of benzene rings is 2. The van der Waals surface area contributed by atoms with Crippen LogP contribution < -0.4 is 4.74 Å². The van der Waals surface area contributed by atoms with Gasteiger partial charge in [-0.2, -0.15) is 0 Å². The number of hydrogen-bond acceptors (Lipinski definition) is 3. The molecule has 0 radical (unpaired) electrons. The minimum Gasteiger partial charge on any atom is -0.497 e. The first-order chi connectivity index (χ1) is 16.1. The quantitative estimate of drug-likeness (QED) is 0.440. The average Bonchev–Trinajstić information content (AvgIpc) is 3.44. The fourth-order valence-corrected chi connectivity index (χ4v) is 4.82. The highest BCUT2D eigenvalue weighted by atomic mass is 19.1. The third-order valence-corrected chi connectivity index (χ3v) is 6.38. The van der Waals surface area contributed by atoms with Crippen LogP contribution in [0.25, 0.3) is 16.6 Å². The molecule has 0 unspecified atom stereocenters. The predicted octanol–water partition coefficient (Wildman–Crippen LogP) is 4.75. The lowest BCUT2D eigenvalue weighted by molar-refractivity contribution is 0.0684. The van der Waals surface area contributed by atoms with Crippen molar-refractivity contribution in [2.45, 2.75) is 12.5 Å². The Labute approximate surface area is 189 Å². The van der Waals surface area contributed by atoms with Gasteiger partial charge in [0.25, 0.3) is 5.91 Å². The minimum absolute atomic E-state index is 0.233. The van der Waals surface area contributed by atoms with Gasteiger partial charge in [-0.25, -0.2) is 9.37 Å². The number of nitrogens with one attached hydrogen (secondary N) is 1. The van der Waals surface area contributed by atoms with Gasteiger partial charge in [-0.1, -0.05) is 24.3 Å². The second-order valence-corrected chi connectivity index (χ2v) is 8.19. The van der Waals surface area contributed by atoms with Crippen molar-refractivity contribution >= 4 is 22.5 Å². The molecule has 1 aliphatic heterocycles. The number of amides is 1. The number of carbonyl (C=O) groups is 1. The second-order valence-electron chi connectivity index (χ2n) is 8.19. The number of ether oxygens (including phenoxy) is 1. The van der Waals surface area contributed by atoms with E-state index < -0.39 is 11.9 Å². The van der Waals surface area contributed by atoms with Crippen LogP contribution >= 0.6 is 0 Å². The summed E-state index contributed by atoms with van der Waals surface area (Å²) in [6, 6.07) is 17.8. The Morgan fingerprint density at radius 2 is 2.00 bits per heavy atom. The number of aromatic amines is 1. The van der Waals surface area contributed by atoms with Crippen molar-refractivity contribution in [2.24, 2.45) is 0 Å². The van der Waals surface area contributed by atoms with Gasteiger partial charge in [0.05, 0.1) is 7.11 Å². The van der Waals surface area contributed by atoms with Gasteiger partial charge in [-0.3, -0.25) is 4.79 Å². The Balaban J connectivity index is 1.51. The fraction of sp³-hybridized carbons (Fsp3) is 0.154. The topological polar surface area (TPSA) is 62.6 Å². The van der Waals surface area contributed by atoms with Crippen molar-refractivity contribution < 1.29 is 13.9 Å². The Hall–Kier alpha value is -4.13. The molecule has 1 N–H and O–H groups in total. The lowest BCUT2D eigenvalue weighted by Crippen LogP contribution is -2.41. The fourth-order valence-electron chi connectivity index (χ4n) is 4.82. The van der Waals surface area contributed by atoms with E-state index in [2.05, 4.69) is 16.0 Å². The summed E-state index contributed by atoms with van der Waals surface area (Å²) in [6.45, 7) is 0.456. The Kier molecular flexibility index (Phi) is 4.43. The van der Waals surface area contributed by atoms with Crippen molar-refractivity contribution in [2.75, 3.05) is 13.7 Å². The van der Waals surface area contributed by atoms with Crippen LogP contribution in [0.15, 0.2) is 73.1 Å². The zero-order valence-corrected chi connectivity index (χ0v) is 18.0. The van der Waals surface area contributed by atoms with E-state index in [-0.39, 0.29) is 5.91 Å². The molecule has 0 fully saturated rings. The van der Waals surface area contributed by atoms with Gasteiger partial charge in [0.2, 0.25) is 0 Å². The maximum atomic E-state index is 15.3. The van der Waals surface area contributed by atoms with Crippen LogP contribution in [-0.2, 0) is 6.42 Å². The van der Waals surface area contributed by atoms with Crippen LogP contribution in [0, 0.1) is 5.82 Å². The number of pyridine rings is 1. The van der Waals surface area contributed by atoms with E-state index in [0.29, 0.717) is 35.6 Å². The van der Waals surface area contributed by atoms with Crippen LogP contribution in [0.4, 0.5) is 4.39 Å². The first kappa shape index (κ1) is 19.5. The van der Waals surface area contributed by atoms with Crippen LogP contribution in [-0.4, -0.2) is 38.8 Å². The van der Waals surface area contributed by atoms with E-state index in [0.717, 1.165) is 22.2 Å². The van der Waals surface area contributed by atoms with E-state index in [1.165, 1.54) is 13.2 Å². The van der Waals surface area contributed by atoms with Gasteiger partial charge < -0.3 is 19.0 Å². The average molecular weight is 440 g/mol. The second kappa shape index (κ2) is 7.48. The molecule has 7 heteroatoms. The maximum absolute atomic E-state index is 15.3. The summed E-state index contributed by atoms with van der Waals surface area (Å²) in [6.07, 6.45) is 4.25. The van der Waals surface area contributed by atoms with Gasteiger partial charge in [0, 0.05) is 47.2 Å². The first-order valence-electron chi connectivity index (χ1n) is 10.8. The molecule has 2 aromatic carbocycles. The summed E-state index contributed by atoms with van der Waals surface area (Å²) in [5, 5.41) is 1.10. The summed E-state index contributed by atoms with van der Waals surface area (Å²) < 4.78 is 22.3. The largest absolute Gasteiger partial charge is 0.497 e. The Bertz CT molecular complexity index is 1490. The molecule has 0 aliphatic carbocycles. The SMILES string of the molecule is COc1ccc([C@@H]2c3[nH]c4ccccc4c3CCN2C(=O)c2cn3ccccc3n2)c(F)c1. The van der Waals surface area contributed by atoms with E-state index in [9.17, 15) is 4.79 Å². The van der Waals surface area contributed by atoms with E-state index in [1.54, 1.807) is 23.2 Å². The molecular weight excluding hydrogens is 419 g/mol. The third kappa shape index (κ3) is 3.08. The normalized spacial score (nSPS) is 15.7. The number of aromatic nitrogens is 3. The Morgan fingerprint density at radius 3 is 2.82 bits per heavy atom. The zero-order chi connectivity index (χ0) is 22.5. The molecule has 0 saturated carbocycles. The van der Waals surface area contributed by atoms with E-state index in [1.807, 2.05) is 47.0 Å². The molecular formula is C26H21FN4O2. The third-order valence-electron chi connectivity index (χ3n) is 6.38. The lowest BCUT2D eigenvalue weighted by Gasteiger charge is -2.36. The molecule has 6 nitrogen and oxygen atoms in total. The number of methoxy groups -OCH3 is 1. The van der Waals surface area contributed by atoms with Gasteiger partial charge in [0.15, 0.2) is 0 Å². The van der Waals surface area contributed by atoms with E-state index in [4.69, 9.17) is 4.74 Å². The molecule has 5 aromatic rings. The maximum Gasteiger partial charge on any atom is 0.274 e. The highest BCUT2D eigenvalue weighted by Gasteiger charge is 2.37. The predicted molar refractivity (Wildman–Crippen MR) is 123 cm³/mol. The number of halogens is 1. The molecule has 6 rings (SSSR count). The van der Waals surface area contributed by atoms with Crippen molar-refractivity contribution in [3.05, 3.63) is 101 Å². The molecule has 164 valence electrons. The molecule has 0 bridgehead atoms. The molecule has 0 saturated heterocycles. The van der Waals surface area contributed by atoms with Crippen LogP contribution in [0.5, 0.6) is 5.75 Å². The van der Waals surface area contributed by atoms with Crippen molar-refractivity contribution in [1.29, 1.82) is 0 Å². The monoisotopic (exact) mass is 440 g/mol. The smallest absolute Gasteiger partial charge is 0.274 e. The molecule has 0 spiro atoms. The number of fused-ring (bicyclic) bond motifs is 4. The van der Waals surface area contributed by atoms with Gasteiger partial charge in [0.1, 0.15) is 28.9 Å². The molecule has 4 heterocycles. The number of rotatable bonds is 3. The number of H-pyrrole nitrogens is 1. The number of imidazole rings is 1. The highest BCUT2D eigenvalue weighted by molar-refractivity contribution is 5.94. The number of para-hydroxylation sites is 1. The molecule has 1 amide bonds. The van der Waals surface area contributed by atoms with E-state index >= 15 is 4.39 Å². The summed E-state index contributed by atoms with van der Waals surface area (Å²) in [4.78, 5) is 23.4. The summed E-state index contributed by atoms with van der Waals surface area (Å²) >= 11 is 0. The summed E-state index contributed by atoms with van der Waals surface area (Å²) in [5.74, 6) is -0.218. The lowest BCUT2D eigenvalue weighted by atomic mass is 9.91. The van der Waals surface area contributed by atoms with Crippen molar-refractivity contribution in [3.63, 3.8) is 0 Å². The molecule has 1 aliphatic rings. The highest BCUT2D eigenvalue weighted by Crippen LogP contribution is 2.40. The number of carbonyl (C=O) groups excluding carboxylic acids is 1. The molecule has 3 aromatic heterocycles. The Morgan fingerprint density at radius 1 is 1.15 bits per heavy atom. The zero-order valence-electron chi connectivity index (χ0n) is 18.0. The summed E-state index contributed by atoms with van der Waals surface area (Å²) in [5.41, 5.74) is 4.37. The van der Waals surface area contributed by atoms with Crippen LogP contribution in [0.2, 0.25) is 0 Å². The van der Waals surface area contributed by atoms with Crippen molar-refractivity contribution in [1.82, 2.24) is 19.3 Å². The minimum atomic E-state index is -0.607. The van der Waals surface area contributed by atoms with Gasteiger partial charge in [-0.15, -0.1) is 0 Å². The molecule has 1 atom stereocenters. The number of hydrogen-bond donors (Lipinski definition) is 1. The van der Waals surface area contributed by atoms with Gasteiger partial charge in [-0.05, 0) is 42.3 Å². The number of nitrogens with zero attached hydrogens (tertiary/aromatic N) is 3. The van der Waals surface area contributed by atoms with Crippen molar-refractivity contribution in [3.8, 4) is 5.75 Å². The van der Waals surface area contributed by atoms with Crippen LogP contribution in [0.3, 0.4) is 0 Å². The first-order valence-corrected chi connectivity index (χ1v) is 10.8. The molecule has 33 heavy (non-hydrogen) atoms. The van der Waals surface area contributed by atoms with Crippen LogP contribution in [0.1, 0.15) is 33.4 Å². The van der Waals surface area contributed by atoms with Gasteiger partial charge >= 0.3 is 0 Å². The summed E-state index contributed by atoms with van der Waals surface area (Å²) in [7, 11) is 1.50. The standard InChI is InChI=1S/C26H21FN4O2/c1-33-16-9-10-19(20(27)14-16)25-24-18(17-6-2-3-7-21(17)29-24)11-13-31(25)26(32)22-15-30-12-5-4-8-23(30)28-22/h2-10,12,14-15,25,29H,11,13H2,1H3/t25-/m1/s1.